The first-order valence-corrected chi connectivity index (χ1v) is 6.49. The van der Waals surface area contributed by atoms with Crippen LogP contribution in [0.2, 0.25) is 0 Å². The molecule has 0 aliphatic carbocycles. The third-order valence-corrected chi connectivity index (χ3v) is 3.54. The Balaban J connectivity index is 2.35. The molecule has 0 bridgehead atoms. The molecular weight excluding hydrogens is 294 g/mol. The number of hydrogen-bond acceptors (Lipinski definition) is 2. The molecule has 0 spiro atoms. The Labute approximate surface area is 114 Å². The quantitative estimate of drug-likeness (QED) is 0.519. The Hall–Kier alpha value is -1.33. The van der Waals surface area contributed by atoms with E-state index in [0.717, 1.165) is 15.4 Å². The largest absolute Gasteiger partial charge is 0.346 e. The van der Waals surface area contributed by atoms with Gasteiger partial charge in [0.1, 0.15) is 0 Å². The number of fused-ring (bicyclic) bond motifs is 1. The molecule has 0 radical (unpaired) electrons. The van der Waals surface area contributed by atoms with E-state index in [2.05, 4.69) is 32.0 Å². The molecule has 0 fully saturated rings. The van der Waals surface area contributed by atoms with E-state index in [0.29, 0.717) is 6.54 Å². The van der Waals surface area contributed by atoms with Crippen LogP contribution in [0, 0.1) is 5.41 Å². The summed E-state index contributed by atoms with van der Waals surface area (Å²) in [5, 5.41) is 1.15. The highest BCUT2D eigenvalue weighted by molar-refractivity contribution is 9.10. The van der Waals surface area contributed by atoms with E-state index in [1.807, 2.05) is 38.2 Å². The van der Waals surface area contributed by atoms with Crippen LogP contribution in [0.4, 0.5) is 0 Å². The topological polar surface area (TPSA) is 60.0 Å². The summed E-state index contributed by atoms with van der Waals surface area (Å²) in [6.45, 7) is 4.33. The molecule has 3 N–H and O–H groups in total. The summed E-state index contributed by atoms with van der Waals surface area (Å²) in [4.78, 5) is 11.7. The zero-order valence-electron chi connectivity index (χ0n) is 10.4. The van der Waals surface area contributed by atoms with Crippen molar-refractivity contribution in [1.82, 2.24) is 9.99 Å². The Kier molecular flexibility index (Phi) is 3.45. The van der Waals surface area contributed by atoms with Gasteiger partial charge in [-0.2, -0.15) is 0 Å². The summed E-state index contributed by atoms with van der Waals surface area (Å²) in [6, 6.07) is 8.13. The van der Waals surface area contributed by atoms with Crippen molar-refractivity contribution in [3.63, 3.8) is 0 Å². The molecule has 0 saturated carbocycles. The van der Waals surface area contributed by atoms with Crippen molar-refractivity contribution in [2.24, 2.45) is 11.3 Å². The first-order chi connectivity index (χ1) is 8.44. The Morgan fingerprint density at radius 3 is 2.83 bits per heavy atom. The zero-order valence-corrected chi connectivity index (χ0v) is 12.0. The van der Waals surface area contributed by atoms with Crippen molar-refractivity contribution in [2.75, 3.05) is 0 Å². The fourth-order valence-electron chi connectivity index (χ4n) is 2.00. The minimum atomic E-state index is -0.548. The van der Waals surface area contributed by atoms with Gasteiger partial charge in [0.25, 0.3) is 0 Å². The first-order valence-electron chi connectivity index (χ1n) is 5.69. The fourth-order valence-corrected chi connectivity index (χ4v) is 2.38. The van der Waals surface area contributed by atoms with Gasteiger partial charge in [0.15, 0.2) is 0 Å². The Bertz CT molecular complexity index is 589. The molecule has 1 heterocycles. The lowest BCUT2D eigenvalue weighted by Crippen LogP contribution is -2.43. The number of aromatic nitrogens is 1. The highest BCUT2D eigenvalue weighted by Gasteiger charge is 2.27. The number of rotatable bonds is 3. The second kappa shape index (κ2) is 4.74. The van der Waals surface area contributed by atoms with Crippen LogP contribution < -0.4 is 11.3 Å². The number of carbonyl (C=O) groups is 1. The molecule has 2 aromatic rings. The minimum Gasteiger partial charge on any atom is -0.346 e. The van der Waals surface area contributed by atoms with Gasteiger partial charge in [0.05, 0.1) is 5.41 Å². The molecule has 2 rings (SSSR count). The lowest BCUT2D eigenvalue weighted by atomic mass is 9.92. The van der Waals surface area contributed by atoms with Crippen LogP contribution in [0.5, 0.6) is 0 Å². The Morgan fingerprint density at radius 2 is 2.17 bits per heavy atom. The molecule has 1 aromatic heterocycles. The molecule has 1 amide bonds. The van der Waals surface area contributed by atoms with Gasteiger partial charge in [-0.3, -0.25) is 10.2 Å². The number of nitrogens with zero attached hydrogens (tertiary/aromatic N) is 1. The van der Waals surface area contributed by atoms with Crippen molar-refractivity contribution >= 4 is 32.7 Å². The normalized spacial score (nSPS) is 11.8. The average molecular weight is 310 g/mol. The average Bonchev–Trinajstić information content (AvgIpc) is 2.69. The number of carbonyl (C=O) groups excluding carboxylic acids is 1. The van der Waals surface area contributed by atoms with E-state index in [4.69, 9.17) is 5.84 Å². The lowest BCUT2D eigenvalue weighted by molar-refractivity contribution is -0.130. The van der Waals surface area contributed by atoms with Gasteiger partial charge in [-0.1, -0.05) is 15.9 Å². The van der Waals surface area contributed by atoms with Crippen LogP contribution in [0.1, 0.15) is 13.8 Å². The van der Waals surface area contributed by atoms with Crippen LogP contribution in [-0.2, 0) is 11.3 Å². The maximum Gasteiger partial charge on any atom is 0.241 e. The maximum atomic E-state index is 11.7. The number of hydrogen-bond donors (Lipinski definition) is 2. The lowest BCUT2D eigenvalue weighted by Gasteiger charge is -2.23. The molecular formula is C13H16BrN3O. The van der Waals surface area contributed by atoms with Gasteiger partial charge in [-0.15, -0.1) is 0 Å². The van der Waals surface area contributed by atoms with Crippen LogP contribution in [-0.4, -0.2) is 10.5 Å². The van der Waals surface area contributed by atoms with E-state index in [1.54, 1.807) is 0 Å². The fraction of sp³-hybridized carbons (Fsp3) is 0.308. The number of benzene rings is 1. The molecule has 1 aromatic carbocycles. The summed E-state index contributed by atoms with van der Waals surface area (Å²) in [5.41, 5.74) is 2.77. The molecule has 96 valence electrons. The van der Waals surface area contributed by atoms with E-state index in [1.165, 1.54) is 0 Å². The summed E-state index contributed by atoms with van der Waals surface area (Å²) >= 11 is 3.45. The minimum absolute atomic E-state index is 0.165. The summed E-state index contributed by atoms with van der Waals surface area (Å²) in [6.07, 6.45) is 1.99. The van der Waals surface area contributed by atoms with Crippen LogP contribution in [0.3, 0.4) is 0 Å². The molecule has 5 heteroatoms. The van der Waals surface area contributed by atoms with Crippen molar-refractivity contribution in [3.8, 4) is 0 Å². The summed E-state index contributed by atoms with van der Waals surface area (Å²) < 4.78 is 3.11. The third kappa shape index (κ3) is 2.42. The molecule has 0 saturated heterocycles. The van der Waals surface area contributed by atoms with Crippen LogP contribution in [0.15, 0.2) is 34.9 Å². The molecule has 18 heavy (non-hydrogen) atoms. The second-order valence-electron chi connectivity index (χ2n) is 5.00. The predicted octanol–water partition coefficient (Wildman–Crippen LogP) is 2.42. The molecule has 4 nitrogen and oxygen atoms in total. The third-order valence-electron chi connectivity index (χ3n) is 3.04. The van der Waals surface area contributed by atoms with Crippen molar-refractivity contribution < 1.29 is 4.79 Å². The van der Waals surface area contributed by atoms with E-state index in [-0.39, 0.29) is 5.91 Å². The molecule has 0 aliphatic heterocycles. The molecule has 0 aliphatic rings. The predicted molar refractivity (Wildman–Crippen MR) is 75.7 cm³/mol. The van der Waals surface area contributed by atoms with Crippen molar-refractivity contribution in [1.29, 1.82) is 0 Å². The summed E-state index contributed by atoms with van der Waals surface area (Å²) in [5.74, 6) is 5.04. The maximum absolute atomic E-state index is 11.7. The number of nitrogens with two attached hydrogens (primary N) is 1. The zero-order chi connectivity index (χ0) is 13.3. The van der Waals surface area contributed by atoms with Crippen molar-refractivity contribution in [3.05, 3.63) is 34.9 Å². The number of nitrogens with one attached hydrogen (secondary N) is 1. The Morgan fingerprint density at radius 1 is 1.44 bits per heavy atom. The highest BCUT2D eigenvalue weighted by Crippen LogP contribution is 2.25. The summed E-state index contributed by atoms with van der Waals surface area (Å²) in [7, 11) is 0. The van der Waals surface area contributed by atoms with Gasteiger partial charge in [0.2, 0.25) is 5.91 Å². The number of halogens is 1. The molecule has 0 unspecified atom stereocenters. The van der Waals surface area contributed by atoms with Gasteiger partial charge < -0.3 is 4.57 Å². The van der Waals surface area contributed by atoms with Crippen LogP contribution in [0.25, 0.3) is 10.9 Å². The van der Waals surface area contributed by atoms with Gasteiger partial charge in [0, 0.05) is 28.1 Å². The standard InChI is InChI=1S/C13H16BrN3O/c1-13(2,12(18)16-15)8-17-6-5-9-7-10(14)3-4-11(9)17/h3-7H,8,15H2,1-2H3,(H,16,18). The van der Waals surface area contributed by atoms with Gasteiger partial charge in [-0.25, -0.2) is 5.84 Å². The molecule has 0 atom stereocenters. The second-order valence-corrected chi connectivity index (χ2v) is 5.92. The van der Waals surface area contributed by atoms with E-state index >= 15 is 0 Å². The monoisotopic (exact) mass is 309 g/mol. The van der Waals surface area contributed by atoms with Gasteiger partial charge in [-0.05, 0) is 38.1 Å². The smallest absolute Gasteiger partial charge is 0.241 e. The van der Waals surface area contributed by atoms with Gasteiger partial charge >= 0.3 is 0 Å². The van der Waals surface area contributed by atoms with E-state index in [9.17, 15) is 4.79 Å². The first kappa shape index (κ1) is 13.1. The highest BCUT2D eigenvalue weighted by atomic mass is 79.9. The van der Waals surface area contributed by atoms with Crippen molar-refractivity contribution in [2.45, 2.75) is 20.4 Å². The van der Waals surface area contributed by atoms with Crippen LogP contribution >= 0.6 is 15.9 Å². The number of amides is 1. The SMILES string of the molecule is CC(C)(Cn1ccc2cc(Br)ccc21)C(=O)NN. The number of hydrazine groups is 1. The van der Waals surface area contributed by atoms with E-state index < -0.39 is 5.41 Å².